The van der Waals surface area contributed by atoms with Crippen molar-refractivity contribution in [1.82, 2.24) is 19.1 Å². The first-order valence-electron chi connectivity index (χ1n) is 19.2. The summed E-state index contributed by atoms with van der Waals surface area (Å²) in [7, 11) is 0. The molecule has 4 heteroatoms. The van der Waals surface area contributed by atoms with Crippen molar-refractivity contribution in [1.29, 1.82) is 0 Å². The van der Waals surface area contributed by atoms with Gasteiger partial charge >= 0.3 is 0 Å². The van der Waals surface area contributed by atoms with Crippen LogP contribution in [-0.2, 0) is 10.8 Å². The van der Waals surface area contributed by atoms with E-state index in [1.54, 1.807) is 0 Å². The van der Waals surface area contributed by atoms with Crippen LogP contribution in [0.2, 0.25) is 0 Å². The van der Waals surface area contributed by atoms with E-state index in [1.807, 2.05) is 6.07 Å². The van der Waals surface area contributed by atoms with Gasteiger partial charge in [0.25, 0.3) is 0 Å². The number of hydrogen-bond donors (Lipinski definition) is 0. The van der Waals surface area contributed by atoms with Crippen molar-refractivity contribution in [2.45, 2.75) is 51.4 Å². The summed E-state index contributed by atoms with van der Waals surface area (Å²) in [5.41, 5.74) is 11.1. The summed E-state index contributed by atoms with van der Waals surface area (Å²) in [6.45, 7) is 9.70. The highest BCUT2D eigenvalue weighted by Crippen LogP contribution is 2.50. The highest BCUT2D eigenvalue weighted by Gasteiger charge is 2.39. The number of hydrogen-bond acceptors (Lipinski definition) is 2. The van der Waals surface area contributed by atoms with Gasteiger partial charge in [-0.1, -0.05) is 137 Å². The summed E-state index contributed by atoms with van der Waals surface area (Å²) in [6.07, 6.45) is 2.34. The second-order valence-electron chi connectivity index (χ2n) is 16.4. The number of benzene rings is 7. The molecule has 0 bridgehead atoms. The maximum atomic E-state index is 5.44. The van der Waals surface area contributed by atoms with E-state index in [9.17, 15) is 0 Å². The molecule has 3 aromatic heterocycles. The Morgan fingerprint density at radius 1 is 0.463 bits per heavy atom. The molecule has 4 nitrogen and oxygen atoms in total. The SMILES string of the molecule is CC1(C)CCC(C)(C)c2c(-n3c4ccccc4c4c5c6ccccc6n(-c6nc(-c7ccccc7)nc7c6ccc6ccccc67)c5ccc43)cccc21. The minimum Gasteiger partial charge on any atom is -0.309 e. The van der Waals surface area contributed by atoms with Gasteiger partial charge in [-0.15, -0.1) is 0 Å². The van der Waals surface area contributed by atoms with E-state index in [1.165, 1.54) is 61.2 Å². The maximum Gasteiger partial charge on any atom is 0.162 e. The standard InChI is InChI=1S/C50H40N4/c1-49(2)29-30-50(3,4)45-37(49)21-14-24-42(45)53-38-22-12-10-19-34(38)43-40(53)27-28-41-44(43)35-20-11-13-23-39(35)54(41)48-36-26-25-31-15-8-9-18-33(31)46(36)51-47(52-48)32-16-6-5-7-17-32/h5-28H,29-30H2,1-4H3. The van der Waals surface area contributed by atoms with E-state index in [2.05, 4.69) is 176 Å². The number of para-hydroxylation sites is 2. The van der Waals surface area contributed by atoms with Crippen molar-refractivity contribution < 1.29 is 0 Å². The van der Waals surface area contributed by atoms with Gasteiger partial charge in [0, 0.05) is 37.9 Å². The zero-order chi connectivity index (χ0) is 36.3. The average Bonchev–Trinajstić information content (AvgIpc) is 3.72. The van der Waals surface area contributed by atoms with Crippen molar-refractivity contribution in [3.8, 4) is 22.9 Å². The zero-order valence-electron chi connectivity index (χ0n) is 31.1. The van der Waals surface area contributed by atoms with Gasteiger partial charge in [-0.2, -0.15) is 0 Å². The smallest absolute Gasteiger partial charge is 0.162 e. The number of aromatic nitrogens is 4. The topological polar surface area (TPSA) is 35.6 Å². The van der Waals surface area contributed by atoms with E-state index in [4.69, 9.17) is 9.97 Å². The third kappa shape index (κ3) is 4.31. The van der Waals surface area contributed by atoms with Crippen LogP contribution in [-0.4, -0.2) is 19.1 Å². The number of fused-ring (bicyclic) bond motifs is 11. The normalized spacial score (nSPS) is 15.2. The van der Waals surface area contributed by atoms with Crippen molar-refractivity contribution in [2.75, 3.05) is 0 Å². The lowest BCUT2D eigenvalue weighted by Crippen LogP contribution is -2.35. The minimum atomic E-state index is 0.0496. The summed E-state index contributed by atoms with van der Waals surface area (Å²) >= 11 is 0. The van der Waals surface area contributed by atoms with Crippen LogP contribution in [0.1, 0.15) is 51.7 Å². The Bertz CT molecular complexity index is 3160. The second-order valence-corrected chi connectivity index (χ2v) is 16.4. The van der Waals surface area contributed by atoms with Crippen LogP contribution in [0.3, 0.4) is 0 Å². The molecule has 0 saturated carbocycles. The molecule has 0 amide bonds. The molecule has 11 rings (SSSR count). The Morgan fingerprint density at radius 2 is 1.07 bits per heavy atom. The van der Waals surface area contributed by atoms with Crippen LogP contribution in [0.15, 0.2) is 146 Å². The van der Waals surface area contributed by atoms with Gasteiger partial charge in [-0.3, -0.25) is 4.57 Å². The maximum absolute atomic E-state index is 5.44. The molecule has 1 aliphatic carbocycles. The first-order valence-corrected chi connectivity index (χ1v) is 19.2. The number of nitrogens with zero attached hydrogens (tertiary/aromatic N) is 4. The highest BCUT2D eigenvalue weighted by molar-refractivity contribution is 6.29. The minimum absolute atomic E-state index is 0.0496. The fourth-order valence-electron chi connectivity index (χ4n) is 9.63. The molecule has 0 aliphatic heterocycles. The predicted octanol–water partition coefficient (Wildman–Crippen LogP) is 13.0. The summed E-state index contributed by atoms with van der Waals surface area (Å²) in [4.78, 5) is 10.7. The van der Waals surface area contributed by atoms with Crippen LogP contribution in [0.5, 0.6) is 0 Å². The molecule has 10 aromatic rings. The molecule has 7 aromatic carbocycles. The van der Waals surface area contributed by atoms with Crippen molar-refractivity contribution in [3.05, 3.63) is 157 Å². The second kappa shape index (κ2) is 11.1. The van der Waals surface area contributed by atoms with E-state index >= 15 is 0 Å². The van der Waals surface area contributed by atoms with Crippen LogP contribution < -0.4 is 0 Å². The third-order valence-electron chi connectivity index (χ3n) is 12.4. The molecule has 0 atom stereocenters. The molecule has 1 aliphatic rings. The quantitative estimate of drug-likeness (QED) is 0.172. The molecule has 260 valence electrons. The molecule has 0 unspecified atom stereocenters. The summed E-state index contributed by atoms with van der Waals surface area (Å²) in [5, 5.41) is 8.31. The van der Waals surface area contributed by atoms with E-state index < -0.39 is 0 Å². The van der Waals surface area contributed by atoms with E-state index in [-0.39, 0.29) is 10.8 Å². The van der Waals surface area contributed by atoms with Crippen molar-refractivity contribution in [2.24, 2.45) is 0 Å². The van der Waals surface area contributed by atoms with Crippen LogP contribution >= 0.6 is 0 Å². The Morgan fingerprint density at radius 3 is 1.81 bits per heavy atom. The molecule has 3 heterocycles. The molecule has 54 heavy (non-hydrogen) atoms. The Balaban J connectivity index is 1.29. The van der Waals surface area contributed by atoms with Gasteiger partial charge < -0.3 is 4.57 Å². The summed E-state index contributed by atoms with van der Waals surface area (Å²) in [6, 6.07) is 52.8. The molecule has 0 saturated heterocycles. The van der Waals surface area contributed by atoms with E-state index in [0.717, 1.165) is 50.9 Å². The van der Waals surface area contributed by atoms with Gasteiger partial charge in [-0.25, -0.2) is 9.97 Å². The monoisotopic (exact) mass is 696 g/mol. The molecule has 0 spiro atoms. The third-order valence-corrected chi connectivity index (χ3v) is 12.4. The zero-order valence-corrected chi connectivity index (χ0v) is 31.1. The van der Waals surface area contributed by atoms with Crippen molar-refractivity contribution >= 4 is 65.3 Å². The van der Waals surface area contributed by atoms with Gasteiger partial charge in [0.1, 0.15) is 5.82 Å². The molecule has 0 N–H and O–H groups in total. The van der Waals surface area contributed by atoms with E-state index in [0.29, 0.717) is 0 Å². The molecular formula is C50H40N4. The first kappa shape index (κ1) is 31.3. The first-order chi connectivity index (χ1) is 26.3. The predicted molar refractivity (Wildman–Crippen MR) is 226 cm³/mol. The Kier molecular flexibility index (Phi) is 6.45. The van der Waals surface area contributed by atoms with Gasteiger partial charge in [0.15, 0.2) is 5.82 Å². The van der Waals surface area contributed by atoms with Gasteiger partial charge in [0.2, 0.25) is 0 Å². The summed E-state index contributed by atoms with van der Waals surface area (Å²) < 4.78 is 4.94. The van der Waals surface area contributed by atoms with Crippen LogP contribution in [0, 0.1) is 0 Å². The van der Waals surface area contributed by atoms with Gasteiger partial charge in [0.05, 0.1) is 33.3 Å². The highest BCUT2D eigenvalue weighted by atomic mass is 15.1. The Hall–Kier alpha value is -6.26. The lowest BCUT2D eigenvalue weighted by molar-refractivity contribution is 0.331. The van der Waals surface area contributed by atoms with Gasteiger partial charge in [-0.05, 0) is 76.6 Å². The lowest BCUT2D eigenvalue weighted by Gasteiger charge is -2.43. The Labute approximate surface area is 314 Å². The summed E-state index contributed by atoms with van der Waals surface area (Å²) in [5.74, 6) is 1.61. The van der Waals surface area contributed by atoms with Crippen molar-refractivity contribution in [3.63, 3.8) is 0 Å². The molecule has 0 fully saturated rings. The van der Waals surface area contributed by atoms with Crippen LogP contribution in [0.4, 0.5) is 0 Å². The average molecular weight is 697 g/mol. The molecule has 0 radical (unpaired) electrons. The molecular weight excluding hydrogens is 657 g/mol. The largest absolute Gasteiger partial charge is 0.309 e. The number of rotatable bonds is 3. The fourth-order valence-corrected chi connectivity index (χ4v) is 9.63. The lowest BCUT2D eigenvalue weighted by atomic mass is 9.62. The fraction of sp³-hybridized carbons (Fsp3) is 0.160. The van der Waals surface area contributed by atoms with Crippen LogP contribution in [0.25, 0.3) is 88.2 Å².